The van der Waals surface area contributed by atoms with E-state index in [9.17, 15) is 32.7 Å². The number of fused-ring (bicyclic) bond motifs is 4. The zero-order chi connectivity index (χ0) is 35.2. The van der Waals surface area contributed by atoms with Gasteiger partial charge in [0.25, 0.3) is 11.8 Å². The Morgan fingerprint density at radius 3 is 2.39 bits per heavy atom. The van der Waals surface area contributed by atoms with Crippen molar-refractivity contribution in [2.45, 2.75) is 36.5 Å². The number of benzene rings is 2. The van der Waals surface area contributed by atoms with Crippen LogP contribution >= 0.6 is 23.2 Å². The largest absolute Gasteiger partial charge is 0.508 e. The minimum atomic E-state index is -4.75. The fourth-order valence-electron chi connectivity index (χ4n) is 7.39. The van der Waals surface area contributed by atoms with Crippen LogP contribution in [0.15, 0.2) is 76.0 Å². The number of hydrazine groups is 1. The topological polar surface area (TPSA) is 141 Å². The van der Waals surface area contributed by atoms with E-state index in [1.807, 2.05) is 0 Å². The van der Waals surface area contributed by atoms with Crippen molar-refractivity contribution in [3.63, 3.8) is 0 Å². The Labute approximate surface area is 284 Å². The van der Waals surface area contributed by atoms with E-state index in [1.54, 1.807) is 30.3 Å². The number of aromatic nitrogens is 4. The van der Waals surface area contributed by atoms with Crippen LogP contribution in [0.2, 0.25) is 10.0 Å². The number of nitrogens with zero attached hydrogens (tertiary/aromatic N) is 5. The van der Waals surface area contributed by atoms with E-state index in [4.69, 9.17) is 27.9 Å². The molecule has 2 aromatic carbocycles. The lowest BCUT2D eigenvalue weighted by Crippen LogP contribution is -2.53. The zero-order valence-corrected chi connectivity index (χ0v) is 27.0. The average molecular weight is 717 g/mol. The summed E-state index contributed by atoms with van der Waals surface area (Å²) in [4.78, 5) is 59.8. The monoisotopic (exact) mass is 716 g/mol. The predicted molar refractivity (Wildman–Crippen MR) is 169 cm³/mol. The standard InChI is InChI=1S/C32H25Cl2F3N6O6/c1-40-29(47)41-10-9-19-23(43(41)30(40)48)13-21-27(45)42(39-26-22(34)11-16(14-38-26)32(35,36)37)28(46)31(21,15-3-5-17(33)6-4-15)25(19)20-8-7-18(49-2)12-24(20)44/h3-9,11-12,14,21,23,25,44H,10,13H2,1-2H3,(H,38,39)/t21-,23+,25+,31+/m0/s1. The number of anilines is 1. The summed E-state index contributed by atoms with van der Waals surface area (Å²) in [6.45, 7) is -0.0509. The molecule has 12 nitrogen and oxygen atoms in total. The number of phenolic OH excluding ortho intramolecular Hbond substituents is 1. The molecule has 0 spiro atoms. The minimum Gasteiger partial charge on any atom is -0.508 e. The van der Waals surface area contributed by atoms with Gasteiger partial charge in [0.15, 0.2) is 5.82 Å². The number of imide groups is 1. The molecule has 3 aliphatic rings. The van der Waals surface area contributed by atoms with E-state index in [-0.39, 0.29) is 24.3 Å². The van der Waals surface area contributed by atoms with E-state index >= 15 is 4.79 Å². The number of hydrogen-bond acceptors (Lipinski definition) is 8. The normalized spacial score (nSPS) is 23.1. The van der Waals surface area contributed by atoms with Crippen LogP contribution in [0.5, 0.6) is 11.5 Å². The van der Waals surface area contributed by atoms with Gasteiger partial charge in [-0.1, -0.05) is 47.5 Å². The molecule has 0 radical (unpaired) electrons. The second-order valence-electron chi connectivity index (χ2n) is 11.9. The third-order valence-corrected chi connectivity index (χ3v) is 10.1. The second-order valence-corrected chi connectivity index (χ2v) is 12.8. The van der Waals surface area contributed by atoms with Gasteiger partial charge in [-0.15, -0.1) is 0 Å². The highest BCUT2D eigenvalue weighted by Crippen LogP contribution is 2.63. The van der Waals surface area contributed by atoms with Crippen LogP contribution in [-0.4, -0.2) is 48.0 Å². The van der Waals surface area contributed by atoms with Gasteiger partial charge in [0, 0.05) is 35.8 Å². The Bertz CT molecular complexity index is 2210. The first-order valence-electron chi connectivity index (χ1n) is 14.8. The molecule has 2 aliphatic heterocycles. The molecule has 7 rings (SSSR count). The van der Waals surface area contributed by atoms with Crippen LogP contribution < -0.4 is 21.5 Å². The molecule has 4 heterocycles. The Hall–Kier alpha value is -5.02. The molecule has 17 heteroatoms. The van der Waals surface area contributed by atoms with Gasteiger partial charge >= 0.3 is 17.6 Å². The summed E-state index contributed by atoms with van der Waals surface area (Å²) in [5.74, 6) is -4.39. The molecule has 1 saturated carbocycles. The molecule has 0 unspecified atom stereocenters. The molecule has 254 valence electrons. The maximum Gasteiger partial charge on any atom is 0.417 e. The molecular weight excluding hydrogens is 692 g/mol. The number of nitrogens with one attached hydrogen (secondary N) is 1. The highest BCUT2D eigenvalue weighted by Gasteiger charge is 2.69. The van der Waals surface area contributed by atoms with E-state index in [0.717, 1.165) is 4.57 Å². The summed E-state index contributed by atoms with van der Waals surface area (Å²) in [6, 6.07) is 10.4. The van der Waals surface area contributed by atoms with Crippen LogP contribution in [0.25, 0.3) is 0 Å². The molecule has 1 aliphatic carbocycles. The zero-order valence-electron chi connectivity index (χ0n) is 25.5. The summed E-state index contributed by atoms with van der Waals surface area (Å²) in [7, 11) is 2.73. The smallest absolute Gasteiger partial charge is 0.417 e. The highest BCUT2D eigenvalue weighted by atomic mass is 35.5. The third-order valence-electron chi connectivity index (χ3n) is 9.56. The van der Waals surface area contributed by atoms with Gasteiger partial charge in [-0.2, -0.15) is 18.2 Å². The second kappa shape index (κ2) is 11.3. The Kier molecular flexibility index (Phi) is 7.48. The lowest BCUT2D eigenvalue weighted by atomic mass is 9.53. The Morgan fingerprint density at radius 1 is 1.04 bits per heavy atom. The lowest BCUT2D eigenvalue weighted by Gasteiger charge is -2.49. The van der Waals surface area contributed by atoms with Gasteiger partial charge in [-0.05, 0) is 41.8 Å². The van der Waals surface area contributed by atoms with Crippen LogP contribution in [0.3, 0.4) is 0 Å². The molecule has 1 saturated heterocycles. The van der Waals surface area contributed by atoms with E-state index in [1.165, 1.54) is 41.7 Å². The summed E-state index contributed by atoms with van der Waals surface area (Å²) >= 11 is 12.4. The molecule has 2 N–H and O–H groups in total. The van der Waals surface area contributed by atoms with Gasteiger partial charge in [0.05, 0.1) is 41.6 Å². The van der Waals surface area contributed by atoms with Gasteiger partial charge < -0.3 is 9.84 Å². The van der Waals surface area contributed by atoms with Crippen LogP contribution in [-0.2, 0) is 34.8 Å². The average Bonchev–Trinajstić information content (AvgIpc) is 3.42. The summed E-state index contributed by atoms with van der Waals surface area (Å²) in [5, 5.41) is 12.0. The number of carbonyl (C=O) groups is 2. The summed E-state index contributed by atoms with van der Waals surface area (Å²) in [6.07, 6.45) is -2.69. The van der Waals surface area contributed by atoms with Gasteiger partial charge in [0.2, 0.25) is 0 Å². The van der Waals surface area contributed by atoms with Crippen molar-refractivity contribution in [1.82, 2.24) is 23.9 Å². The predicted octanol–water partition coefficient (Wildman–Crippen LogP) is 4.40. The first-order chi connectivity index (χ1) is 23.2. The number of phenols is 1. The number of allylic oxidation sites excluding steroid dienone is 2. The van der Waals surface area contributed by atoms with Crippen molar-refractivity contribution < 1.29 is 32.6 Å². The molecule has 2 aromatic heterocycles. The van der Waals surface area contributed by atoms with Crippen molar-refractivity contribution >= 4 is 40.8 Å². The summed E-state index contributed by atoms with van der Waals surface area (Å²) in [5.41, 5.74) is -0.617. The maximum atomic E-state index is 15.1. The first kappa shape index (κ1) is 32.5. The number of halogens is 5. The maximum absolute atomic E-state index is 15.1. The number of ether oxygens (including phenoxy) is 1. The number of alkyl halides is 3. The SMILES string of the molecule is COc1ccc([C@H]2C3=CCn4c(=O)n(C)c(=O)n4[C@@H]3C[C@H]3C(=O)N(Nc4ncc(C(F)(F)F)cc4Cl)C(=O)[C@@]23c2ccc(Cl)cc2)c(O)c1. The van der Waals surface area contributed by atoms with Crippen molar-refractivity contribution in [3.05, 3.63) is 114 Å². The first-order valence-corrected chi connectivity index (χ1v) is 15.5. The fourth-order valence-corrected chi connectivity index (χ4v) is 7.73. The number of carbonyl (C=O) groups excluding carboxylic acids is 2. The van der Waals surface area contributed by atoms with Crippen LogP contribution in [0.4, 0.5) is 19.0 Å². The number of methoxy groups -OCH3 is 1. The number of rotatable bonds is 5. The number of hydrogen-bond donors (Lipinski definition) is 2. The van der Waals surface area contributed by atoms with Crippen molar-refractivity contribution in [1.29, 1.82) is 0 Å². The van der Waals surface area contributed by atoms with Crippen molar-refractivity contribution in [2.75, 3.05) is 12.5 Å². The third kappa shape index (κ3) is 4.70. The summed E-state index contributed by atoms with van der Waals surface area (Å²) < 4.78 is 48.8. The number of amides is 2. The Morgan fingerprint density at radius 2 is 1.76 bits per heavy atom. The molecule has 49 heavy (non-hydrogen) atoms. The van der Waals surface area contributed by atoms with Crippen LogP contribution in [0, 0.1) is 5.92 Å². The molecule has 2 amide bonds. The molecular formula is C32H25Cl2F3N6O6. The van der Waals surface area contributed by atoms with Crippen LogP contribution in [0.1, 0.15) is 35.1 Å². The molecule has 4 atom stereocenters. The minimum absolute atomic E-state index is 0.0509. The fraction of sp³-hybridized carbons (Fsp3) is 0.281. The van der Waals surface area contributed by atoms with E-state index in [0.29, 0.717) is 39.2 Å². The van der Waals surface area contributed by atoms with Gasteiger partial charge in [-0.3, -0.25) is 15.0 Å². The van der Waals surface area contributed by atoms with E-state index in [2.05, 4.69) is 10.4 Å². The van der Waals surface area contributed by atoms with Gasteiger partial charge in [-0.25, -0.2) is 28.5 Å². The molecule has 4 aromatic rings. The Balaban J connectivity index is 1.48. The van der Waals surface area contributed by atoms with E-state index < -0.39 is 69.1 Å². The van der Waals surface area contributed by atoms with Crippen molar-refractivity contribution in [2.24, 2.45) is 13.0 Å². The van der Waals surface area contributed by atoms with Crippen molar-refractivity contribution in [3.8, 4) is 11.5 Å². The highest BCUT2D eigenvalue weighted by molar-refractivity contribution is 6.33. The number of pyridine rings is 1. The van der Waals surface area contributed by atoms with Gasteiger partial charge in [0.1, 0.15) is 11.5 Å². The molecule has 0 bridgehead atoms. The lowest BCUT2D eigenvalue weighted by molar-refractivity contribution is -0.139. The quantitative estimate of drug-likeness (QED) is 0.229. The molecule has 2 fully saturated rings. The number of aromatic hydroxyl groups is 1.